The third-order valence-corrected chi connectivity index (χ3v) is 7.97. The summed E-state index contributed by atoms with van der Waals surface area (Å²) in [4.78, 5) is 36.7. The minimum atomic E-state index is -0.152. The van der Waals surface area contributed by atoms with Crippen molar-refractivity contribution in [2.45, 2.75) is 44.2 Å². The van der Waals surface area contributed by atoms with Gasteiger partial charge in [0.15, 0.2) is 0 Å². The van der Waals surface area contributed by atoms with Crippen molar-refractivity contribution in [1.29, 1.82) is 0 Å². The Morgan fingerprint density at radius 3 is 2.69 bits per heavy atom. The van der Waals surface area contributed by atoms with Gasteiger partial charge in [-0.3, -0.25) is 9.59 Å². The number of benzene rings is 1. The number of pyridine rings is 1. The van der Waals surface area contributed by atoms with Gasteiger partial charge < -0.3 is 10.2 Å². The number of nitrogens with zero attached hydrogens (tertiary/aromatic N) is 3. The Labute approximate surface area is 214 Å². The molecular weight excluding hydrogens is 476 g/mol. The molecule has 182 valence electrons. The average Bonchev–Trinajstić information content (AvgIpc) is 3.36. The monoisotopic (exact) mass is 506 g/mol. The highest BCUT2D eigenvalue weighted by Crippen LogP contribution is 2.31. The van der Waals surface area contributed by atoms with Gasteiger partial charge in [0.1, 0.15) is 10.7 Å². The number of hydrogen-bond acceptors (Lipinski definition) is 6. The van der Waals surface area contributed by atoms with Crippen molar-refractivity contribution in [3.8, 4) is 0 Å². The van der Waals surface area contributed by atoms with E-state index in [1.807, 2.05) is 22.4 Å². The van der Waals surface area contributed by atoms with Crippen molar-refractivity contribution < 1.29 is 9.59 Å². The van der Waals surface area contributed by atoms with Crippen LogP contribution in [0, 0.1) is 13.8 Å². The van der Waals surface area contributed by atoms with Gasteiger partial charge in [-0.2, -0.15) is 0 Å². The van der Waals surface area contributed by atoms with Gasteiger partial charge in [0.2, 0.25) is 0 Å². The molecular formula is C27H30N4O2S2. The molecule has 0 bridgehead atoms. The number of likely N-dealkylation sites (tertiary alicyclic amines) is 1. The lowest BCUT2D eigenvalue weighted by molar-refractivity contribution is 0.0708. The Balaban J connectivity index is 1.32. The smallest absolute Gasteiger partial charge is 0.271 e. The summed E-state index contributed by atoms with van der Waals surface area (Å²) in [6.45, 7) is 9.67. The van der Waals surface area contributed by atoms with Crippen molar-refractivity contribution in [3.63, 3.8) is 0 Å². The number of aromatic nitrogens is 2. The summed E-state index contributed by atoms with van der Waals surface area (Å²) in [6.07, 6.45) is 5.19. The van der Waals surface area contributed by atoms with Crippen LogP contribution in [-0.4, -0.2) is 45.5 Å². The molecule has 1 fully saturated rings. The van der Waals surface area contributed by atoms with Crippen LogP contribution in [0.25, 0.3) is 0 Å². The number of amides is 2. The lowest BCUT2D eigenvalue weighted by atomic mass is 9.97. The largest absolute Gasteiger partial charge is 0.347 e. The molecule has 3 aromatic rings. The van der Waals surface area contributed by atoms with E-state index in [1.54, 1.807) is 12.3 Å². The lowest BCUT2D eigenvalue weighted by Crippen LogP contribution is -2.38. The Hall–Kier alpha value is -2.97. The second-order valence-electron chi connectivity index (χ2n) is 8.77. The van der Waals surface area contributed by atoms with E-state index >= 15 is 0 Å². The molecule has 0 spiro atoms. The molecule has 8 heteroatoms. The number of carbonyl (C=O) groups excluding carboxylic acids is 2. The molecule has 2 amide bonds. The third kappa shape index (κ3) is 6.38. The molecule has 1 aliphatic heterocycles. The minimum Gasteiger partial charge on any atom is -0.347 e. The van der Waals surface area contributed by atoms with Crippen molar-refractivity contribution in [2.75, 3.05) is 18.8 Å². The normalized spacial score (nSPS) is 14.1. The van der Waals surface area contributed by atoms with Gasteiger partial charge in [-0.25, -0.2) is 9.97 Å². The van der Waals surface area contributed by atoms with Gasteiger partial charge in [0.05, 0.1) is 10.6 Å². The first-order valence-electron chi connectivity index (χ1n) is 11.7. The first-order valence-corrected chi connectivity index (χ1v) is 13.6. The average molecular weight is 507 g/mol. The number of hydrogen-bond donors (Lipinski definition) is 1. The van der Waals surface area contributed by atoms with Crippen molar-refractivity contribution >= 4 is 34.9 Å². The predicted octanol–water partition coefficient (Wildman–Crippen LogP) is 5.38. The summed E-state index contributed by atoms with van der Waals surface area (Å²) in [5, 5.41) is 6.54. The molecule has 3 heterocycles. The molecule has 1 aliphatic rings. The van der Waals surface area contributed by atoms with Crippen molar-refractivity contribution in [1.82, 2.24) is 20.2 Å². The molecule has 0 radical (unpaired) electrons. The maximum atomic E-state index is 13.1. The maximum absolute atomic E-state index is 13.1. The molecule has 0 aliphatic carbocycles. The lowest BCUT2D eigenvalue weighted by Gasteiger charge is -2.31. The van der Waals surface area contributed by atoms with Crippen LogP contribution in [0.3, 0.4) is 0 Å². The quantitative estimate of drug-likeness (QED) is 0.328. The Bertz CT molecular complexity index is 1200. The summed E-state index contributed by atoms with van der Waals surface area (Å²) < 4.78 is 0. The molecule has 1 saturated heterocycles. The van der Waals surface area contributed by atoms with Crippen LogP contribution in [0.15, 0.2) is 59.6 Å². The van der Waals surface area contributed by atoms with E-state index in [0.29, 0.717) is 36.6 Å². The van der Waals surface area contributed by atoms with Crippen LogP contribution < -0.4 is 5.32 Å². The summed E-state index contributed by atoms with van der Waals surface area (Å²) in [6, 6.07) is 9.94. The predicted molar refractivity (Wildman–Crippen MR) is 142 cm³/mol. The minimum absolute atomic E-state index is 0.0219. The summed E-state index contributed by atoms with van der Waals surface area (Å²) >= 11 is 3.05. The van der Waals surface area contributed by atoms with Crippen molar-refractivity contribution in [2.24, 2.45) is 0 Å². The maximum Gasteiger partial charge on any atom is 0.271 e. The van der Waals surface area contributed by atoms with Gasteiger partial charge in [-0.1, -0.05) is 35.4 Å². The standard InChI is InChI=1S/C27H30N4O2S2/c1-4-12-34-26-22(6-5-9-28-26)27(33)31-10-7-21(8-11-31)25-30-23(17-35-25)24(32)29-16-20-14-18(2)13-19(3)15-20/h4-6,9,13-15,17,21H,1,7-8,10-12,16H2,2-3H3,(H,29,32). The van der Waals surface area contributed by atoms with Crippen LogP contribution >= 0.6 is 23.1 Å². The van der Waals surface area contributed by atoms with Gasteiger partial charge in [0, 0.05) is 42.9 Å². The fraction of sp³-hybridized carbons (Fsp3) is 0.333. The summed E-state index contributed by atoms with van der Waals surface area (Å²) in [5.41, 5.74) is 4.57. The number of aryl methyl sites for hydroxylation is 2. The van der Waals surface area contributed by atoms with E-state index in [1.165, 1.54) is 34.2 Å². The molecule has 0 saturated carbocycles. The van der Waals surface area contributed by atoms with Crippen molar-refractivity contribution in [3.05, 3.63) is 87.5 Å². The van der Waals surface area contributed by atoms with Crippen LogP contribution in [0.1, 0.15) is 61.3 Å². The highest BCUT2D eigenvalue weighted by molar-refractivity contribution is 7.99. The van der Waals surface area contributed by atoms with E-state index in [-0.39, 0.29) is 17.7 Å². The Kier molecular flexibility index (Phi) is 8.36. The van der Waals surface area contributed by atoms with E-state index in [4.69, 9.17) is 0 Å². The Morgan fingerprint density at radius 1 is 1.23 bits per heavy atom. The molecule has 4 rings (SSSR count). The number of thioether (sulfide) groups is 1. The molecule has 0 unspecified atom stereocenters. The third-order valence-electron chi connectivity index (χ3n) is 5.96. The second-order valence-corrected chi connectivity index (χ2v) is 10.7. The number of carbonyl (C=O) groups is 2. The van der Waals surface area contributed by atoms with Crippen LogP contribution in [-0.2, 0) is 6.54 Å². The molecule has 0 atom stereocenters. The van der Waals surface area contributed by atoms with Crippen LogP contribution in [0.5, 0.6) is 0 Å². The van der Waals surface area contributed by atoms with Gasteiger partial charge >= 0.3 is 0 Å². The molecule has 1 N–H and O–H groups in total. The number of piperidine rings is 1. The zero-order valence-electron chi connectivity index (χ0n) is 20.1. The SMILES string of the molecule is C=CCSc1ncccc1C(=O)N1CCC(c2nc(C(=O)NCc3cc(C)cc(C)c3)cs2)CC1. The topological polar surface area (TPSA) is 75.2 Å². The number of rotatable bonds is 8. The second kappa shape index (κ2) is 11.6. The summed E-state index contributed by atoms with van der Waals surface area (Å²) in [5.74, 6) is 0.840. The van der Waals surface area contributed by atoms with E-state index in [9.17, 15) is 9.59 Å². The highest BCUT2D eigenvalue weighted by atomic mass is 32.2. The fourth-order valence-corrected chi connectivity index (χ4v) is 6.02. The van der Waals surface area contributed by atoms with Gasteiger partial charge in [0.25, 0.3) is 11.8 Å². The highest BCUT2D eigenvalue weighted by Gasteiger charge is 2.28. The van der Waals surface area contributed by atoms with E-state index < -0.39 is 0 Å². The fourth-order valence-electron chi connectivity index (χ4n) is 4.33. The molecule has 2 aromatic heterocycles. The summed E-state index contributed by atoms with van der Waals surface area (Å²) in [7, 11) is 0. The van der Waals surface area contributed by atoms with Gasteiger partial charge in [-0.15, -0.1) is 29.7 Å². The first-order chi connectivity index (χ1) is 16.9. The van der Waals surface area contributed by atoms with E-state index in [0.717, 1.165) is 28.4 Å². The van der Waals surface area contributed by atoms with Gasteiger partial charge in [-0.05, 0) is 44.4 Å². The zero-order valence-corrected chi connectivity index (χ0v) is 21.8. The number of thiazole rings is 1. The molecule has 35 heavy (non-hydrogen) atoms. The molecule has 1 aromatic carbocycles. The van der Waals surface area contributed by atoms with E-state index in [2.05, 4.69) is 53.9 Å². The van der Waals surface area contributed by atoms with Crippen LogP contribution in [0.2, 0.25) is 0 Å². The molecule has 6 nitrogen and oxygen atoms in total. The number of nitrogens with one attached hydrogen (secondary N) is 1. The van der Waals surface area contributed by atoms with Crippen LogP contribution in [0.4, 0.5) is 0 Å². The first kappa shape index (κ1) is 25.1. The zero-order chi connectivity index (χ0) is 24.8. The Morgan fingerprint density at radius 2 is 1.97 bits per heavy atom.